The molecule has 0 unspecified atom stereocenters. The van der Waals surface area contributed by atoms with E-state index >= 15 is 0 Å². The number of nitrogens with zero attached hydrogens (tertiary/aromatic N) is 1. The molecule has 10 heavy (non-hydrogen) atoms. The Morgan fingerprint density at radius 3 is 2.70 bits per heavy atom. The summed E-state index contributed by atoms with van der Waals surface area (Å²) in [4.78, 5) is 23.6. The monoisotopic (exact) mass is 159 g/mol. The molecule has 4 nitrogen and oxygen atoms in total. The van der Waals surface area contributed by atoms with E-state index in [-0.39, 0.29) is 6.61 Å². The summed E-state index contributed by atoms with van der Waals surface area (Å²) in [5, 5.41) is 1.76. The van der Waals surface area contributed by atoms with Crippen LogP contribution in [0.25, 0.3) is 0 Å². The molecule has 0 atom stereocenters. The van der Waals surface area contributed by atoms with E-state index in [9.17, 15) is 9.59 Å². The Kier molecular flexibility index (Phi) is 4.28. The Hall–Kier alpha value is -1.06. The minimum absolute atomic E-state index is 0.150. The maximum atomic E-state index is 10.4. The second kappa shape index (κ2) is 4.78. The van der Waals surface area contributed by atoms with Crippen molar-refractivity contribution in [2.75, 3.05) is 6.61 Å². The van der Waals surface area contributed by atoms with E-state index in [1.165, 1.54) is 0 Å². The molecule has 0 fully saturated rings. The first-order valence-corrected chi connectivity index (χ1v) is 2.92. The Bertz CT molecular complexity index is 195. The van der Waals surface area contributed by atoms with Crippen LogP contribution in [0.5, 0.6) is 0 Å². The first kappa shape index (κ1) is 8.94. The predicted octanol–water partition coefficient (Wildman–Crippen LogP) is 0.179. The number of rotatable bonds is 1. The van der Waals surface area contributed by atoms with E-state index in [0.29, 0.717) is 0 Å². The third-order valence-electron chi connectivity index (χ3n) is 0.597. The van der Waals surface area contributed by atoms with Gasteiger partial charge in [0.05, 0.1) is 11.8 Å². The van der Waals surface area contributed by atoms with Gasteiger partial charge in [0.25, 0.3) is 0 Å². The van der Waals surface area contributed by atoms with Gasteiger partial charge in [0.15, 0.2) is 0 Å². The Morgan fingerprint density at radius 1 is 1.70 bits per heavy atom. The van der Waals surface area contributed by atoms with Crippen LogP contribution < -0.4 is 0 Å². The molecule has 1 amide bonds. The van der Waals surface area contributed by atoms with Crippen LogP contribution in [0.4, 0.5) is 0 Å². The van der Waals surface area contributed by atoms with Crippen molar-refractivity contribution in [1.29, 1.82) is 0 Å². The van der Waals surface area contributed by atoms with Gasteiger partial charge in [-0.2, -0.15) is 0 Å². The van der Waals surface area contributed by atoms with E-state index in [2.05, 4.69) is 21.9 Å². The van der Waals surface area contributed by atoms with Crippen LogP contribution in [0.15, 0.2) is 4.99 Å². The average Bonchev–Trinajstić information content (AvgIpc) is 1.89. The lowest BCUT2D eigenvalue weighted by molar-refractivity contribution is -0.152. The molecular formula is C5H5NO3S. The Labute approximate surface area is 62.9 Å². The molecule has 0 aromatic heterocycles. The number of carbonyl (C=O) groups is 2. The van der Waals surface area contributed by atoms with E-state index < -0.39 is 11.9 Å². The highest BCUT2D eigenvalue weighted by Crippen LogP contribution is 1.80. The molecule has 0 N–H and O–H groups in total. The van der Waals surface area contributed by atoms with Crippen molar-refractivity contribution in [3.63, 3.8) is 0 Å². The molecule has 0 bridgehead atoms. The van der Waals surface area contributed by atoms with E-state index in [0.717, 1.165) is 0 Å². The van der Waals surface area contributed by atoms with Crippen LogP contribution in [0.1, 0.15) is 6.92 Å². The van der Waals surface area contributed by atoms with Gasteiger partial charge in [-0.25, -0.2) is 4.79 Å². The molecule has 0 heterocycles. The molecule has 0 saturated heterocycles. The zero-order valence-corrected chi connectivity index (χ0v) is 6.10. The molecular weight excluding hydrogens is 154 g/mol. The van der Waals surface area contributed by atoms with Crippen molar-refractivity contribution in [2.24, 2.45) is 4.99 Å². The largest absolute Gasteiger partial charge is 0.459 e. The fourth-order valence-corrected chi connectivity index (χ4v) is 0.363. The van der Waals surface area contributed by atoms with Crippen molar-refractivity contribution >= 4 is 29.3 Å². The van der Waals surface area contributed by atoms with Gasteiger partial charge in [-0.05, 0) is 19.1 Å². The number of aliphatic imine (C=N–C) groups is 1. The van der Waals surface area contributed by atoms with Gasteiger partial charge < -0.3 is 4.74 Å². The minimum Gasteiger partial charge on any atom is -0.459 e. The Morgan fingerprint density at radius 2 is 2.30 bits per heavy atom. The van der Waals surface area contributed by atoms with E-state index in [4.69, 9.17) is 0 Å². The number of thiocarbonyl (C=S) groups is 1. The predicted molar refractivity (Wildman–Crippen MR) is 36.7 cm³/mol. The second-order valence-electron chi connectivity index (χ2n) is 1.23. The molecule has 5 heteroatoms. The van der Waals surface area contributed by atoms with Gasteiger partial charge in [0.2, 0.25) is 0 Å². The van der Waals surface area contributed by atoms with Crippen LogP contribution >= 0.6 is 12.2 Å². The number of hydrogen-bond donors (Lipinski definition) is 0. The molecule has 0 spiro atoms. The summed E-state index contributed by atoms with van der Waals surface area (Å²) >= 11 is 4.09. The Balaban J connectivity index is 3.95. The lowest BCUT2D eigenvalue weighted by Crippen LogP contribution is -2.14. The van der Waals surface area contributed by atoms with Gasteiger partial charge in [0, 0.05) is 0 Å². The van der Waals surface area contributed by atoms with Crippen molar-refractivity contribution in [2.45, 2.75) is 6.92 Å². The van der Waals surface area contributed by atoms with Crippen LogP contribution in [0.2, 0.25) is 0 Å². The van der Waals surface area contributed by atoms with Gasteiger partial charge in [0.1, 0.15) is 0 Å². The first-order valence-electron chi connectivity index (χ1n) is 2.51. The highest BCUT2D eigenvalue weighted by molar-refractivity contribution is 7.78. The fraction of sp³-hybridized carbons (Fsp3) is 0.400. The molecule has 0 aromatic carbocycles. The number of hydrogen-bond acceptors (Lipinski definition) is 4. The van der Waals surface area contributed by atoms with Crippen LogP contribution in [-0.4, -0.2) is 23.6 Å². The maximum Gasteiger partial charge on any atom is 0.399 e. The topological polar surface area (TPSA) is 55.7 Å². The quantitative estimate of drug-likeness (QED) is 0.237. The number of isothiocyanates is 1. The summed E-state index contributed by atoms with van der Waals surface area (Å²) in [5.41, 5.74) is 0. The summed E-state index contributed by atoms with van der Waals surface area (Å²) in [6.45, 7) is 1.74. The van der Waals surface area contributed by atoms with Gasteiger partial charge >= 0.3 is 11.9 Å². The maximum absolute atomic E-state index is 10.4. The lowest BCUT2D eigenvalue weighted by atomic mass is 10.6. The molecule has 0 aliphatic heterocycles. The summed E-state index contributed by atoms with van der Waals surface area (Å²) in [5.74, 6) is -2.02. The van der Waals surface area contributed by atoms with Crippen molar-refractivity contribution in [1.82, 2.24) is 0 Å². The zero-order chi connectivity index (χ0) is 7.98. The number of amides is 1. The summed E-state index contributed by atoms with van der Waals surface area (Å²) in [6, 6.07) is 0. The number of ether oxygens (including phenoxy) is 1. The lowest BCUT2D eigenvalue weighted by Gasteiger charge is -1.92. The molecule has 0 aromatic rings. The SMILES string of the molecule is CCOC(=O)C(=O)N=C=S. The molecule has 0 radical (unpaired) electrons. The van der Waals surface area contributed by atoms with Gasteiger partial charge in [-0.15, -0.1) is 4.99 Å². The third kappa shape index (κ3) is 3.06. The molecule has 0 aliphatic rings. The fourth-order valence-electron chi connectivity index (χ4n) is 0.280. The summed E-state index contributed by atoms with van der Waals surface area (Å²) in [6.07, 6.45) is 0. The molecule has 0 saturated carbocycles. The highest BCUT2D eigenvalue weighted by Gasteiger charge is 2.11. The average molecular weight is 159 g/mol. The number of esters is 1. The normalized spacial score (nSPS) is 7.70. The van der Waals surface area contributed by atoms with Crippen molar-refractivity contribution < 1.29 is 14.3 Å². The van der Waals surface area contributed by atoms with Crippen LogP contribution in [-0.2, 0) is 14.3 Å². The smallest absolute Gasteiger partial charge is 0.399 e. The molecule has 54 valence electrons. The van der Waals surface area contributed by atoms with Gasteiger partial charge in [-0.1, -0.05) is 0 Å². The summed E-state index contributed by atoms with van der Waals surface area (Å²) in [7, 11) is 0. The molecule has 0 aliphatic carbocycles. The van der Waals surface area contributed by atoms with Crippen molar-refractivity contribution in [3.8, 4) is 0 Å². The van der Waals surface area contributed by atoms with Crippen LogP contribution in [0.3, 0.4) is 0 Å². The third-order valence-corrected chi connectivity index (χ3v) is 0.689. The number of carbonyl (C=O) groups excluding carboxylic acids is 2. The van der Waals surface area contributed by atoms with Gasteiger partial charge in [-0.3, -0.25) is 4.79 Å². The molecule has 0 rings (SSSR count). The highest BCUT2D eigenvalue weighted by atomic mass is 32.1. The van der Waals surface area contributed by atoms with Crippen LogP contribution in [0, 0.1) is 0 Å². The second-order valence-corrected chi connectivity index (χ2v) is 1.41. The standard InChI is InChI=1S/C5H5NO3S/c1-2-9-5(8)4(7)6-3-10/h2H2,1H3. The minimum atomic E-state index is -1.02. The van der Waals surface area contributed by atoms with Crippen molar-refractivity contribution in [3.05, 3.63) is 0 Å². The van der Waals surface area contributed by atoms with E-state index in [1.807, 2.05) is 0 Å². The summed E-state index contributed by atoms with van der Waals surface area (Å²) < 4.78 is 4.29. The first-order chi connectivity index (χ1) is 4.72. The zero-order valence-electron chi connectivity index (χ0n) is 5.29. The van der Waals surface area contributed by atoms with E-state index in [1.54, 1.807) is 12.1 Å².